The molecule has 3 unspecified atom stereocenters. The number of aromatic nitrogens is 1. The maximum atomic E-state index is 6.15. The minimum Gasteiger partial charge on any atom is -0.376 e. The molecule has 0 bridgehead atoms. The van der Waals surface area contributed by atoms with Crippen molar-refractivity contribution in [3.8, 4) is 0 Å². The molecule has 1 aliphatic rings. The van der Waals surface area contributed by atoms with E-state index in [0.717, 1.165) is 19.4 Å². The van der Waals surface area contributed by atoms with Crippen LogP contribution in [-0.2, 0) is 11.2 Å². The number of ether oxygens (including phenoxy) is 1. The highest BCUT2D eigenvalue weighted by Gasteiger charge is 2.29. The minimum atomic E-state index is 0.0895. The van der Waals surface area contributed by atoms with E-state index < -0.39 is 0 Å². The maximum Gasteiger partial charge on any atom is 0.0755 e. The molecule has 0 radical (unpaired) electrons. The standard InChI is InChI=1S/C12H18N2O/c1-9-4-6-15-12(9)11(13)7-10-3-2-5-14-8-10/h2-3,5,8-9,11-12H,4,6-7,13H2,1H3. The second-order valence-electron chi connectivity index (χ2n) is 4.33. The summed E-state index contributed by atoms with van der Waals surface area (Å²) in [5.41, 5.74) is 7.34. The topological polar surface area (TPSA) is 48.1 Å². The zero-order chi connectivity index (χ0) is 10.7. The van der Waals surface area contributed by atoms with Gasteiger partial charge >= 0.3 is 0 Å². The highest BCUT2D eigenvalue weighted by Crippen LogP contribution is 2.23. The van der Waals surface area contributed by atoms with Crippen molar-refractivity contribution in [3.05, 3.63) is 30.1 Å². The molecule has 0 aliphatic carbocycles. The third kappa shape index (κ3) is 2.55. The lowest BCUT2D eigenvalue weighted by molar-refractivity contribution is 0.0726. The van der Waals surface area contributed by atoms with E-state index >= 15 is 0 Å². The van der Waals surface area contributed by atoms with Crippen molar-refractivity contribution in [1.29, 1.82) is 0 Å². The van der Waals surface area contributed by atoms with E-state index in [-0.39, 0.29) is 12.1 Å². The van der Waals surface area contributed by atoms with Crippen LogP contribution >= 0.6 is 0 Å². The van der Waals surface area contributed by atoms with E-state index in [4.69, 9.17) is 10.5 Å². The van der Waals surface area contributed by atoms with Gasteiger partial charge in [0.2, 0.25) is 0 Å². The van der Waals surface area contributed by atoms with Gasteiger partial charge < -0.3 is 10.5 Å². The first kappa shape index (κ1) is 10.6. The Labute approximate surface area is 90.7 Å². The van der Waals surface area contributed by atoms with Crippen molar-refractivity contribution < 1.29 is 4.74 Å². The number of hydrogen-bond donors (Lipinski definition) is 1. The Morgan fingerprint density at radius 3 is 3.13 bits per heavy atom. The van der Waals surface area contributed by atoms with E-state index in [1.54, 1.807) is 6.20 Å². The Kier molecular flexibility index (Phi) is 3.34. The first-order valence-electron chi connectivity index (χ1n) is 5.53. The lowest BCUT2D eigenvalue weighted by Crippen LogP contribution is -2.39. The molecule has 1 saturated heterocycles. The van der Waals surface area contributed by atoms with Crippen LogP contribution in [0.4, 0.5) is 0 Å². The zero-order valence-corrected chi connectivity index (χ0v) is 9.10. The molecule has 82 valence electrons. The first-order valence-corrected chi connectivity index (χ1v) is 5.53. The molecule has 3 nitrogen and oxygen atoms in total. The van der Waals surface area contributed by atoms with E-state index in [1.165, 1.54) is 5.56 Å². The fourth-order valence-corrected chi connectivity index (χ4v) is 2.17. The number of hydrogen-bond acceptors (Lipinski definition) is 3. The molecular weight excluding hydrogens is 188 g/mol. The molecule has 1 aromatic heterocycles. The van der Waals surface area contributed by atoms with Crippen molar-refractivity contribution in [3.63, 3.8) is 0 Å². The van der Waals surface area contributed by atoms with Crippen LogP contribution < -0.4 is 5.73 Å². The van der Waals surface area contributed by atoms with Gasteiger partial charge in [0.1, 0.15) is 0 Å². The Hall–Kier alpha value is -0.930. The minimum absolute atomic E-state index is 0.0895. The van der Waals surface area contributed by atoms with Gasteiger partial charge in [0, 0.05) is 25.0 Å². The van der Waals surface area contributed by atoms with Gasteiger partial charge in [0.15, 0.2) is 0 Å². The summed E-state index contributed by atoms with van der Waals surface area (Å²) < 4.78 is 5.65. The molecule has 2 rings (SSSR count). The highest BCUT2D eigenvalue weighted by molar-refractivity contribution is 5.10. The first-order chi connectivity index (χ1) is 7.27. The third-order valence-corrected chi connectivity index (χ3v) is 3.06. The van der Waals surface area contributed by atoms with Gasteiger partial charge in [0.05, 0.1) is 6.10 Å². The predicted octanol–water partition coefficient (Wildman–Crippen LogP) is 1.38. The van der Waals surface area contributed by atoms with Crippen molar-refractivity contribution in [2.45, 2.75) is 31.9 Å². The van der Waals surface area contributed by atoms with Gasteiger partial charge in [0.25, 0.3) is 0 Å². The van der Waals surface area contributed by atoms with Gasteiger partial charge in [-0.15, -0.1) is 0 Å². The smallest absolute Gasteiger partial charge is 0.0755 e. The molecule has 1 aromatic rings. The summed E-state index contributed by atoms with van der Waals surface area (Å²) in [6, 6.07) is 4.10. The predicted molar refractivity (Wildman–Crippen MR) is 59.4 cm³/mol. The quantitative estimate of drug-likeness (QED) is 0.812. The molecule has 1 aliphatic heterocycles. The van der Waals surface area contributed by atoms with Gasteiger partial charge in [-0.3, -0.25) is 4.98 Å². The van der Waals surface area contributed by atoms with Crippen LogP contribution in [0.25, 0.3) is 0 Å². The van der Waals surface area contributed by atoms with Crippen molar-refractivity contribution >= 4 is 0 Å². The van der Waals surface area contributed by atoms with Crippen LogP contribution in [0.3, 0.4) is 0 Å². The number of pyridine rings is 1. The molecular formula is C12H18N2O. The van der Waals surface area contributed by atoms with Gasteiger partial charge in [-0.1, -0.05) is 13.0 Å². The fourth-order valence-electron chi connectivity index (χ4n) is 2.17. The molecule has 2 heterocycles. The van der Waals surface area contributed by atoms with E-state index in [2.05, 4.69) is 18.0 Å². The average molecular weight is 206 g/mol. The molecule has 0 aromatic carbocycles. The van der Waals surface area contributed by atoms with Crippen LogP contribution in [0.1, 0.15) is 18.9 Å². The summed E-state index contributed by atoms with van der Waals surface area (Å²) in [7, 11) is 0. The van der Waals surface area contributed by atoms with Crippen LogP contribution in [0, 0.1) is 5.92 Å². The van der Waals surface area contributed by atoms with E-state index in [0.29, 0.717) is 5.92 Å². The SMILES string of the molecule is CC1CCOC1C(N)Cc1cccnc1. The molecule has 2 N–H and O–H groups in total. The second kappa shape index (κ2) is 4.73. The Balaban J connectivity index is 1.94. The largest absolute Gasteiger partial charge is 0.376 e. The highest BCUT2D eigenvalue weighted by atomic mass is 16.5. The van der Waals surface area contributed by atoms with Crippen LogP contribution in [0.15, 0.2) is 24.5 Å². The fraction of sp³-hybridized carbons (Fsp3) is 0.583. The van der Waals surface area contributed by atoms with Crippen molar-refractivity contribution in [1.82, 2.24) is 4.98 Å². The molecule has 0 spiro atoms. The van der Waals surface area contributed by atoms with Crippen molar-refractivity contribution in [2.75, 3.05) is 6.61 Å². The number of nitrogens with two attached hydrogens (primary N) is 1. The van der Waals surface area contributed by atoms with E-state index in [9.17, 15) is 0 Å². The average Bonchev–Trinajstić information content (AvgIpc) is 2.66. The van der Waals surface area contributed by atoms with Crippen LogP contribution in [0.2, 0.25) is 0 Å². The molecule has 15 heavy (non-hydrogen) atoms. The number of nitrogens with zero attached hydrogens (tertiary/aromatic N) is 1. The van der Waals surface area contributed by atoms with Gasteiger partial charge in [-0.05, 0) is 30.4 Å². The Morgan fingerprint density at radius 1 is 1.67 bits per heavy atom. The van der Waals surface area contributed by atoms with Gasteiger partial charge in [-0.2, -0.15) is 0 Å². The van der Waals surface area contributed by atoms with Crippen LogP contribution in [0.5, 0.6) is 0 Å². The lowest BCUT2D eigenvalue weighted by atomic mass is 9.94. The normalized spacial score (nSPS) is 27.9. The molecule has 3 atom stereocenters. The van der Waals surface area contributed by atoms with Gasteiger partial charge in [-0.25, -0.2) is 0 Å². The molecule has 0 saturated carbocycles. The Morgan fingerprint density at radius 2 is 2.53 bits per heavy atom. The Bertz CT molecular complexity index is 302. The lowest BCUT2D eigenvalue weighted by Gasteiger charge is -2.22. The number of rotatable bonds is 3. The summed E-state index contributed by atoms with van der Waals surface area (Å²) in [4.78, 5) is 4.09. The van der Waals surface area contributed by atoms with Crippen LogP contribution in [-0.4, -0.2) is 23.7 Å². The third-order valence-electron chi connectivity index (χ3n) is 3.06. The maximum absolute atomic E-state index is 6.15. The summed E-state index contributed by atoms with van der Waals surface area (Å²) in [6.45, 7) is 3.06. The molecule has 3 heteroatoms. The summed E-state index contributed by atoms with van der Waals surface area (Å²) >= 11 is 0. The monoisotopic (exact) mass is 206 g/mol. The van der Waals surface area contributed by atoms with Crippen molar-refractivity contribution in [2.24, 2.45) is 11.7 Å². The summed E-state index contributed by atoms with van der Waals surface area (Å²) in [5.74, 6) is 0.580. The summed E-state index contributed by atoms with van der Waals surface area (Å²) in [6.07, 6.45) is 5.85. The zero-order valence-electron chi connectivity index (χ0n) is 9.10. The second-order valence-corrected chi connectivity index (χ2v) is 4.33. The van der Waals surface area contributed by atoms with E-state index in [1.807, 2.05) is 12.3 Å². The molecule has 1 fully saturated rings. The molecule has 0 amide bonds. The summed E-state index contributed by atoms with van der Waals surface area (Å²) in [5, 5.41) is 0.